The zero-order valence-electron chi connectivity index (χ0n) is 9.90. The van der Waals surface area contributed by atoms with E-state index in [1.54, 1.807) is 0 Å². The molecular formula is C8H5F2Na2O5P. The van der Waals surface area contributed by atoms with E-state index in [0.717, 1.165) is 6.92 Å². The summed E-state index contributed by atoms with van der Waals surface area (Å²) in [7, 11) is -5.55. The first-order valence-corrected chi connectivity index (χ1v) is 5.38. The van der Waals surface area contributed by atoms with E-state index < -0.39 is 31.0 Å². The first-order valence-electron chi connectivity index (χ1n) is 3.92. The van der Waals surface area contributed by atoms with Gasteiger partial charge in [-0.1, -0.05) is 0 Å². The fourth-order valence-electron chi connectivity index (χ4n) is 0.962. The number of Topliss-reactive ketones (excluding diaryl/α,β-unsaturated/α-hetero) is 1. The van der Waals surface area contributed by atoms with Gasteiger partial charge in [0.2, 0.25) is 0 Å². The topological polar surface area (TPSA) is 89.5 Å². The van der Waals surface area contributed by atoms with Gasteiger partial charge in [0.15, 0.2) is 23.2 Å². The summed E-state index contributed by atoms with van der Waals surface area (Å²) < 4.78 is 39.9. The predicted molar refractivity (Wildman–Crippen MR) is 44.6 cm³/mol. The minimum atomic E-state index is -5.55. The van der Waals surface area contributed by atoms with E-state index in [2.05, 4.69) is 4.52 Å². The van der Waals surface area contributed by atoms with Crippen LogP contribution in [0, 0.1) is 11.6 Å². The predicted octanol–water partition coefficient (Wildman–Crippen LogP) is -5.62. The number of carbonyl (C=O) groups excluding carboxylic acids is 1. The Kier molecular flexibility index (Phi) is 9.44. The van der Waals surface area contributed by atoms with Crippen LogP contribution in [0.2, 0.25) is 0 Å². The normalized spacial score (nSPS) is 10.1. The SMILES string of the molecule is CC(=O)c1cc(F)c(OP(=O)([O-])[O-])c(F)c1.[Na+].[Na+]. The van der Waals surface area contributed by atoms with Crippen LogP contribution in [0.15, 0.2) is 12.1 Å². The Morgan fingerprint density at radius 2 is 1.61 bits per heavy atom. The summed E-state index contributed by atoms with van der Waals surface area (Å²) in [6, 6.07) is 1.16. The summed E-state index contributed by atoms with van der Waals surface area (Å²) in [4.78, 5) is 31.1. The van der Waals surface area contributed by atoms with Crippen LogP contribution in [0.25, 0.3) is 0 Å². The van der Waals surface area contributed by atoms with Gasteiger partial charge in [-0.25, -0.2) is 8.78 Å². The van der Waals surface area contributed by atoms with Gasteiger partial charge in [-0.15, -0.1) is 0 Å². The van der Waals surface area contributed by atoms with Gasteiger partial charge in [0.1, 0.15) is 7.82 Å². The number of carbonyl (C=O) groups is 1. The second-order valence-electron chi connectivity index (χ2n) is 2.86. The summed E-state index contributed by atoms with van der Waals surface area (Å²) in [5, 5.41) is 0. The summed E-state index contributed by atoms with van der Waals surface area (Å²) in [6.07, 6.45) is 0. The van der Waals surface area contributed by atoms with Crippen LogP contribution in [-0.4, -0.2) is 5.78 Å². The van der Waals surface area contributed by atoms with Crippen molar-refractivity contribution < 1.29 is 91.6 Å². The minimum absolute atomic E-state index is 0. The molecule has 0 spiro atoms. The van der Waals surface area contributed by atoms with Crippen LogP contribution in [0.1, 0.15) is 17.3 Å². The quantitative estimate of drug-likeness (QED) is 0.315. The average molecular weight is 296 g/mol. The van der Waals surface area contributed by atoms with E-state index in [9.17, 15) is 27.9 Å². The van der Waals surface area contributed by atoms with Gasteiger partial charge in [0, 0.05) is 5.56 Å². The Bertz CT molecular complexity index is 467. The van der Waals surface area contributed by atoms with Crippen molar-refractivity contribution in [3.63, 3.8) is 0 Å². The summed E-state index contributed by atoms with van der Waals surface area (Å²) in [5.41, 5.74) is -0.297. The number of hydrogen-bond donors (Lipinski definition) is 0. The molecule has 0 amide bonds. The van der Waals surface area contributed by atoms with Crippen molar-refractivity contribution in [2.45, 2.75) is 6.92 Å². The van der Waals surface area contributed by atoms with Gasteiger partial charge >= 0.3 is 59.1 Å². The maximum atomic E-state index is 13.1. The van der Waals surface area contributed by atoms with Gasteiger partial charge in [0.25, 0.3) is 0 Å². The van der Waals surface area contributed by atoms with E-state index in [4.69, 9.17) is 0 Å². The smallest absolute Gasteiger partial charge is 0.780 e. The molecule has 10 heteroatoms. The molecule has 1 rings (SSSR count). The fraction of sp³-hybridized carbons (Fsp3) is 0.125. The molecule has 0 saturated carbocycles. The molecule has 0 aliphatic carbocycles. The number of phosphoric ester groups is 1. The van der Waals surface area contributed by atoms with Crippen LogP contribution in [0.5, 0.6) is 5.75 Å². The number of hydrogen-bond acceptors (Lipinski definition) is 5. The first-order chi connectivity index (χ1) is 7.20. The molecule has 1 aromatic rings. The maximum Gasteiger partial charge on any atom is 1.00 e. The molecule has 0 aromatic heterocycles. The average Bonchev–Trinajstić information content (AvgIpc) is 2.09. The Morgan fingerprint density at radius 3 is 1.89 bits per heavy atom. The summed E-state index contributed by atoms with van der Waals surface area (Å²) >= 11 is 0. The molecule has 5 nitrogen and oxygen atoms in total. The van der Waals surface area contributed by atoms with Crippen molar-refractivity contribution in [2.75, 3.05) is 0 Å². The number of halogens is 2. The minimum Gasteiger partial charge on any atom is -0.780 e. The third-order valence-electron chi connectivity index (χ3n) is 1.61. The second kappa shape index (κ2) is 8.09. The molecule has 1 aromatic carbocycles. The van der Waals surface area contributed by atoms with Gasteiger partial charge < -0.3 is 18.9 Å². The van der Waals surface area contributed by atoms with Crippen LogP contribution in [-0.2, 0) is 4.57 Å². The molecule has 0 unspecified atom stereocenters. The number of rotatable bonds is 3. The fourth-order valence-corrected chi connectivity index (χ4v) is 1.36. The molecular weight excluding hydrogens is 291 g/mol. The van der Waals surface area contributed by atoms with Crippen molar-refractivity contribution >= 4 is 13.6 Å². The van der Waals surface area contributed by atoms with Crippen molar-refractivity contribution in [3.8, 4) is 5.75 Å². The number of phosphoric acid groups is 1. The van der Waals surface area contributed by atoms with Gasteiger partial charge in [-0.3, -0.25) is 4.79 Å². The van der Waals surface area contributed by atoms with Crippen molar-refractivity contribution in [3.05, 3.63) is 29.3 Å². The number of ketones is 1. The third kappa shape index (κ3) is 6.23. The Hall–Kier alpha value is 0.700. The standard InChI is InChI=1S/C8H7F2O5P.2Na/c1-4(11)5-2-6(9)8(7(10)3-5)15-16(12,13)14;;/h2-3H,1H3,(H2,12,13,14);;/q;2*+1/p-2. The van der Waals surface area contributed by atoms with E-state index >= 15 is 0 Å². The van der Waals surface area contributed by atoms with Crippen molar-refractivity contribution in [1.29, 1.82) is 0 Å². The molecule has 0 aliphatic heterocycles. The molecule has 0 N–H and O–H groups in total. The van der Waals surface area contributed by atoms with Gasteiger partial charge in [0.05, 0.1) is 0 Å². The molecule has 0 atom stereocenters. The summed E-state index contributed by atoms with van der Waals surface area (Å²) in [5.74, 6) is -4.82. The zero-order chi connectivity index (χ0) is 12.5. The van der Waals surface area contributed by atoms with Crippen molar-refractivity contribution in [1.82, 2.24) is 0 Å². The van der Waals surface area contributed by atoms with Gasteiger partial charge in [-0.2, -0.15) is 0 Å². The van der Waals surface area contributed by atoms with E-state index in [0.29, 0.717) is 12.1 Å². The van der Waals surface area contributed by atoms with Crippen LogP contribution in [0.3, 0.4) is 0 Å². The molecule has 88 valence electrons. The van der Waals surface area contributed by atoms with Crippen LogP contribution >= 0.6 is 7.82 Å². The molecule has 0 heterocycles. The van der Waals surface area contributed by atoms with Crippen LogP contribution in [0.4, 0.5) is 8.78 Å². The monoisotopic (exact) mass is 296 g/mol. The first kappa shape index (κ1) is 21.0. The largest absolute Gasteiger partial charge is 1.00 e. The van der Waals surface area contributed by atoms with Crippen molar-refractivity contribution in [2.24, 2.45) is 0 Å². The van der Waals surface area contributed by atoms with E-state index in [1.165, 1.54) is 0 Å². The molecule has 0 radical (unpaired) electrons. The second-order valence-corrected chi connectivity index (χ2v) is 3.94. The van der Waals surface area contributed by atoms with E-state index in [1.807, 2.05) is 0 Å². The Labute approximate surface area is 146 Å². The number of benzene rings is 1. The molecule has 0 bridgehead atoms. The molecule has 0 fully saturated rings. The molecule has 0 saturated heterocycles. The Balaban J connectivity index is 0. The van der Waals surface area contributed by atoms with Crippen LogP contribution < -0.4 is 73.4 Å². The Morgan fingerprint density at radius 1 is 1.22 bits per heavy atom. The third-order valence-corrected chi connectivity index (χ3v) is 2.01. The molecule has 0 aliphatic rings. The molecule has 18 heavy (non-hydrogen) atoms. The van der Waals surface area contributed by atoms with Gasteiger partial charge in [-0.05, 0) is 19.1 Å². The summed E-state index contributed by atoms with van der Waals surface area (Å²) in [6.45, 7) is 1.07. The van der Waals surface area contributed by atoms with E-state index in [-0.39, 0.29) is 64.7 Å². The zero-order valence-corrected chi connectivity index (χ0v) is 14.8. The maximum absolute atomic E-state index is 13.1.